The molecule has 0 amide bonds. The number of aromatic amines is 1. The summed E-state index contributed by atoms with van der Waals surface area (Å²) in [6, 6.07) is 20.3. The molecule has 126 valence electrons. The molecule has 0 aliphatic rings. The smallest absolute Gasteiger partial charge is 0.266 e. The molecule has 0 spiro atoms. The van der Waals surface area contributed by atoms with Crippen molar-refractivity contribution in [3.05, 3.63) is 87.3 Å². The SMILES string of the molecule is Cc1cc(-c2ccc(OCc3ccccc3C#N)cc2)c(C#N)c(=O)[nH]1. The summed E-state index contributed by atoms with van der Waals surface area (Å²) in [7, 11) is 0. The number of nitrogens with zero attached hydrogens (tertiary/aromatic N) is 2. The lowest BCUT2D eigenvalue weighted by Gasteiger charge is -2.09. The Balaban J connectivity index is 1.83. The van der Waals surface area contributed by atoms with Gasteiger partial charge in [0, 0.05) is 16.8 Å². The van der Waals surface area contributed by atoms with Crippen molar-refractivity contribution in [2.75, 3.05) is 0 Å². The van der Waals surface area contributed by atoms with Gasteiger partial charge in [-0.25, -0.2) is 0 Å². The van der Waals surface area contributed by atoms with E-state index in [0.29, 0.717) is 22.6 Å². The van der Waals surface area contributed by atoms with E-state index in [4.69, 9.17) is 10.00 Å². The molecule has 0 atom stereocenters. The maximum atomic E-state index is 11.9. The van der Waals surface area contributed by atoms with Gasteiger partial charge in [0.25, 0.3) is 5.56 Å². The Hall–Kier alpha value is -3.83. The average molecular weight is 341 g/mol. The Kier molecular flexibility index (Phi) is 4.83. The van der Waals surface area contributed by atoms with Crippen LogP contribution in [0, 0.1) is 29.6 Å². The lowest BCUT2D eigenvalue weighted by molar-refractivity contribution is 0.306. The first kappa shape index (κ1) is 17.0. The van der Waals surface area contributed by atoms with E-state index in [1.54, 1.807) is 43.3 Å². The van der Waals surface area contributed by atoms with E-state index >= 15 is 0 Å². The third kappa shape index (κ3) is 3.48. The number of rotatable bonds is 4. The molecular formula is C21H15N3O2. The molecule has 0 bridgehead atoms. The van der Waals surface area contributed by atoms with Crippen molar-refractivity contribution in [1.82, 2.24) is 4.98 Å². The van der Waals surface area contributed by atoms with Gasteiger partial charge in [-0.15, -0.1) is 0 Å². The van der Waals surface area contributed by atoms with E-state index in [1.165, 1.54) is 0 Å². The number of nitriles is 2. The molecule has 1 aromatic heterocycles. The highest BCUT2D eigenvalue weighted by molar-refractivity contribution is 5.70. The van der Waals surface area contributed by atoms with Gasteiger partial charge < -0.3 is 9.72 Å². The number of aryl methyl sites for hydroxylation is 1. The number of nitrogens with one attached hydrogen (secondary N) is 1. The molecule has 0 unspecified atom stereocenters. The van der Waals surface area contributed by atoms with Crippen molar-refractivity contribution in [1.29, 1.82) is 10.5 Å². The van der Waals surface area contributed by atoms with Crippen molar-refractivity contribution in [3.8, 4) is 29.0 Å². The van der Waals surface area contributed by atoms with Crippen molar-refractivity contribution in [3.63, 3.8) is 0 Å². The standard InChI is InChI=1S/C21H15N3O2/c1-14-10-19(20(12-23)21(25)24-14)15-6-8-18(9-7-15)26-13-17-5-3-2-4-16(17)11-22/h2-10H,13H2,1H3,(H,24,25). The second-order valence-electron chi connectivity index (χ2n) is 5.76. The molecule has 3 rings (SSSR count). The molecule has 0 saturated heterocycles. The second-order valence-corrected chi connectivity index (χ2v) is 5.76. The Bertz CT molecular complexity index is 1080. The number of ether oxygens (including phenoxy) is 1. The van der Waals surface area contributed by atoms with Crippen LogP contribution in [0.2, 0.25) is 0 Å². The quantitative estimate of drug-likeness (QED) is 0.784. The third-order valence-electron chi connectivity index (χ3n) is 3.98. The van der Waals surface area contributed by atoms with Gasteiger partial charge in [-0.3, -0.25) is 4.79 Å². The zero-order valence-corrected chi connectivity index (χ0v) is 14.1. The number of hydrogen-bond donors (Lipinski definition) is 1. The van der Waals surface area contributed by atoms with Crippen LogP contribution in [-0.2, 0) is 6.61 Å². The molecule has 0 aliphatic heterocycles. The van der Waals surface area contributed by atoms with Crippen LogP contribution in [0.3, 0.4) is 0 Å². The fourth-order valence-corrected chi connectivity index (χ4v) is 2.67. The molecule has 0 aliphatic carbocycles. The van der Waals surface area contributed by atoms with Crippen molar-refractivity contribution < 1.29 is 4.74 Å². The van der Waals surface area contributed by atoms with Gasteiger partial charge in [0.05, 0.1) is 11.6 Å². The monoisotopic (exact) mass is 341 g/mol. The summed E-state index contributed by atoms with van der Waals surface area (Å²) < 4.78 is 5.75. The van der Waals surface area contributed by atoms with Gasteiger partial charge in [-0.05, 0) is 36.8 Å². The first-order valence-electron chi connectivity index (χ1n) is 7.97. The summed E-state index contributed by atoms with van der Waals surface area (Å²) >= 11 is 0. The van der Waals surface area contributed by atoms with Crippen LogP contribution in [0.5, 0.6) is 5.75 Å². The fourth-order valence-electron chi connectivity index (χ4n) is 2.67. The molecule has 3 aromatic rings. The highest BCUT2D eigenvalue weighted by atomic mass is 16.5. The molecule has 5 heteroatoms. The summed E-state index contributed by atoms with van der Waals surface area (Å²) in [5.74, 6) is 0.640. The fraction of sp³-hybridized carbons (Fsp3) is 0.0952. The summed E-state index contributed by atoms with van der Waals surface area (Å²) in [5, 5.41) is 18.4. The van der Waals surface area contributed by atoms with Gasteiger partial charge in [0.1, 0.15) is 24.0 Å². The van der Waals surface area contributed by atoms with Crippen LogP contribution >= 0.6 is 0 Å². The summed E-state index contributed by atoms with van der Waals surface area (Å²) in [6.07, 6.45) is 0. The zero-order chi connectivity index (χ0) is 18.5. The van der Waals surface area contributed by atoms with Crippen LogP contribution in [-0.4, -0.2) is 4.98 Å². The maximum absolute atomic E-state index is 11.9. The maximum Gasteiger partial charge on any atom is 0.266 e. The minimum atomic E-state index is -0.393. The summed E-state index contributed by atoms with van der Waals surface area (Å²) in [5.41, 5.74) is 3.15. The molecule has 0 saturated carbocycles. The molecule has 0 radical (unpaired) electrons. The second kappa shape index (κ2) is 7.38. The van der Waals surface area contributed by atoms with Gasteiger partial charge in [0.15, 0.2) is 0 Å². The molecule has 0 fully saturated rings. The highest BCUT2D eigenvalue weighted by Gasteiger charge is 2.10. The van der Waals surface area contributed by atoms with E-state index in [-0.39, 0.29) is 12.2 Å². The predicted octanol–water partition coefficient (Wildman–Crippen LogP) is 3.67. The first-order valence-corrected chi connectivity index (χ1v) is 7.97. The van der Waals surface area contributed by atoms with E-state index in [1.807, 2.05) is 24.3 Å². The van der Waals surface area contributed by atoms with E-state index in [0.717, 1.165) is 11.1 Å². The molecule has 5 nitrogen and oxygen atoms in total. The minimum absolute atomic E-state index is 0.0900. The normalized spacial score (nSPS) is 9.96. The average Bonchev–Trinajstić information content (AvgIpc) is 2.66. The topological polar surface area (TPSA) is 89.7 Å². The molecular weight excluding hydrogens is 326 g/mol. The Morgan fingerprint density at radius 2 is 1.77 bits per heavy atom. The van der Waals surface area contributed by atoms with Gasteiger partial charge >= 0.3 is 0 Å². The Morgan fingerprint density at radius 1 is 1.04 bits per heavy atom. The summed E-state index contributed by atoms with van der Waals surface area (Å²) in [4.78, 5) is 14.6. The summed E-state index contributed by atoms with van der Waals surface area (Å²) in [6.45, 7) is 2.06. The van der Waals surface area contributed by atoms with Crippen LogP contribution in [0.15, 0.2) is 59.4 Å². The molecule has 1 heterocycles. The molecule has 1 N–H and O–H groups in total. The lowest BCUT2D eigenvalue weighted by atomic mass is 10.0. The molecule has 2 aromatic carbocycles. The van der Waals surface area contributed by atoms with Crippen LogP contribution < -0.4 is 10.3 Å². The van der Waals surface area contributed by atoms with Crippen LogP contribution in [0.1, 0.15) is 22.4 Å². The van der Waals surface area contributed by atoms with Crippen LogP contribution in [0.25, 0.3) is 11.1 Å². The van der Waals surface area contributed by atoms with E-state index in [2.05, 4.69) is 11.1 Å². The predicted molar refractivity (Wildman–Crippen MR) is 97.4 cm³/mol. The number of hydrogen-bond acceptors (Lipinski definition) is 4. The number of aromatic nitrogens is 1. The van der Waals surface area contributed by atoms with Crippen molar-refractivity contribution in [2.45, 2.75) is 13.5 Å². The van der Waals surface area contributed by atoms with Crippen LogP contribution in [0.4, 0.5) is 0 Å². The van der Waals surface area contributed by atoms with Crippen molar-refractivity contribution in [2.24, 2.45) is 0 Å². The third-order valence-corrected chi connectivity index (χ3v) is 3.98. The highest BCUT2D eigenvalue weighted by Crippen LogP contribution is 2.25. The van der Waals surface area contributed by atoms with Gasteiger partial charge in [-0.1, -0.05) is 30.3 Å². The Morgan fingerprint density at radius 3 is 2.46 bits per heavy atom. The van der Waals surface area contributed by atoms with Crippen molar-refractivity contribution >= 4 is 0 Å². The van der Waals surface area contributed by atoms with E-state index < -0.39 is 5.56 Å². The van der Waals surface area contributed by atoms with Gasteiger partial charge in [-0.2, -0.15) is 10.5 Å². The van der Waals surface area contributed by atoms with Gasteiger partial charge in [0.2, 0.25) is 0 Å². The van der Waals surface area contributed by atoms with E-state index in [9.17, 15) is 10.1 Å². The number of benzene rings is 2. The largest absolute Gasteiger partial charge is 0.489 e. The first-order chi connectivity index (χ1) is 12.6. The Labute approximate surface area is 150 Å². The number of H-pyrrole nitrogens is 1. The lowest BCUT2D eigenvalue weighted by Crippen LogP contribution is -2.12. The zero-order valence-electron chi connectivity index (χ0n) is 14.1. The minimum Gasteiger partial charge on any atom is -0.489 e. The number of pyridine rings is 1. The molecule has 26 heavy (non-hydrogen) atoms.